The normalized spacial score (nSPS) is 13.6. The van der Waals surface area contributed by atoms with E-state index in [1.54, 1.807) is 0 Å². The number of aliphatic carboxylic acids is 1. The molecule has 60 valence electrons. The lowest BCUT2D eigenvalue weighted by Crippen LogP contribution is -2.41. The van der Waals surface area contributed by atoms with Crippen molar-refractivity contribution < 1.29 is 14.6 Å². The van der Waals surface area contributed by atoms with Crippen molar-refractivity contribution in [3.05, 3.63) is 0 Å². The summed E-state index contributed by atoms with van der Waals surface area (Å²) in [4.78, 5) is 10.2. The van der Waals surface area contributed by atoms with Gasteiger partial charge < -0.3 is 14.6 Å². The Morgan fingerprint density at radius 1 is 1.70 bits per heavy atom. The average molecular weight is 164 g/mol. The lowest BCUT2D eigenvalue weighted by Gasteiger charge is -2.13. The van der Waals surface area contributed by atoms with Crippen LogP contribution in [0, 0.1) is 0 Å². The molecular formula is C6H12O3S. The van der Waals surface area contributed by atoms with Crippen LogP contribution in [-0.4, -0.2) is 37.4 Å². The number of rotatable bonds is 4. The van der Waals surface area contributed by atoms with Gasteiger partial charge in [-0.15, -0.1) is 0 Å². The van der Waals surface area contributed by atoms with E-state index in [-0.39, 0.29) is 10.9 Å². The van der Waals surface area contributed by atoms with Crippen LogP contribution in [0.5, 0.6) is 0 Å². The Morgan fingerprint density at radius 2 is 2.20 bits per heavy atom. The summed E-state index contributed by atoms with van der Waals surface area (Å²) in [5.41, 5.74) is 0. The minimum Gasteiger partial charge on any atom is -0.547 e. The summed E-state index contributed by atoms with van der Waals surface area (Å²) in [5, 5.41) is 10.2. The average Bonchev–Trinajstić information content (AvgIpc) is 1.81. The van der Waals surface area contributed by atoms with Gasteiger partial charge in [-0.1, -0.05) is 0 Å². The number of ether oxygens (including phenoxy) is 1. The SMILES string of the molecule is COC(C[S+](C)C)C(=O)[O-]. The molecule has 4 heteroatoms. The molecule has 1 atom stereocenters. The molecule has 0 heterocycles. The second kappa shape index (κ2) is 4.57. The van der Waals surface area contributed by atoms with Crippen LogP contribution in [0.1, 0.15) is 0 Å². The number of hydrogen-bond donors (Lipinski definition) is 0. The van der Waals surface area contributed by atoms with Crippen molar-refractivity contribution >= 4 is 16.9 Å². The topological polar surface area (TPSA) is 49.4 Å². The zero-order chi connectivity index (χ0) is 8.15. The van der Waals surface area contributed by atoms with E-state index in [0.29, 0.717) is 5.75 Å². The Bertz CT molecular complexity index is 114. The molecule has 0 N–H and O–H groups in total. The third-order valence-electron chi connectivity index (χ3n) is 1.03. The molecule has 0 amide bonds. The van der Waals surface area contributed by atoms with Gasteiger partial charge >= 0.3 is 0 Å². The molecule has 10 heavy (non-hydrogen) atoms. The van der Waals surface area contributed by atoms with Crippen LogP contribution in [0.4, 0.5) is 0 Å². The summed E-state index contributed by atoms with van der Waals surface area (Å²) in [6, 6.07) is 0. The summed E-state index contributed by atoms with van der Waals surface area (Å²) in [7, 11) is 1.47. The molecule has 1 unspecified atom stereocenters. The van der Waals surface area contributed by atoms with Crippen LogP contribution in [0.3, 0.4) is 0 Å². The fourth-order valence-corrected chi connectivity index (χ4v) is 1.41. The van der Waals surface area contributed by atoms with Gasteiger partial charge in [-0.25, -0.2) is 0 Å². The molecule has 0 aliphatic heterocycles. The van der Waals surface area contributed by atoms with Crippen LogP contribution in [-0.2, 0) is 20.4 Å². The van der Waals surface area contributed by atoms with Gasteiger partial charge in [0, 0.05) is 7.11 Å². The molecule has 0 radical (unpaired) electrons. The maximum absolute atomic E-state index is 10.2. The highest BCUT2D eigenvalue weighted by atomic mass is 32.2. The number of methoxy groups -OCH3 is 1. The summed E-state index contributed by atoms with van der Waals surface area (Å²) in [6.07, 6.45) is 3.20. The minimum absolute atomic E-state index is 0.0881. The molecule has 0 aromatic carbocycles. The molecule has 0 saturated heterocycles. The zero-order valence-electron chi connectivity index (χ0n) is 6.42. The van der Waals surface area contributed by atoms with Crippen molar-refractivity contribution in [2.75, 3.05) is 25.4 Å². The predicted octanol–water partition coefficient (Wildman–Crippen LogP) is -1.37. The van der Waals surface area contributed by atoms with Crippen molar-refractivity contribution in [1.29, 1.82) is 0 Å². The van der Waals surface area contributed by atoms with Crippen LogP contribution in [0.25, 0.3) is 0 Å². The lowest BCUT2D eigenvalue weighted by molar-refractivity contribution is -0.314. The molecule has 0 aliphatic rings. The van der Waals surface area contributed by atoms with Gasteiger partial charge in [0.2, 0.25) is 0 Å². The number of carbonyl (C=O) groups is 1. The summed E-state index contributed by atoms with van der Waals surface area (Å²) < 4.78 is 4.67. The highest BCUT2D eigenvalue weighted by Gasteiger charge is 2.15. The van der Waals surface area contributed by atoms with E-state index in [1.165, 1.54) is 7.11 Å². The highest BCUT2D eigenvalue weighted by molar-refractivity contribution is 7.95. The highest BCUT2D eigenvalue weighted by Crippen LogP contribution is 1.94. The van der Waals surface area contributed by atoms with Crippen molar-refractivity contribution in [2.45, 2.75) is 6.10 Å². The number of carboxylic acids is 1. The first-order chi connectivity index (χ1) is 4.57. The van der Waals surface area contributed by atoms with Gasteiger partial charge in [0.25, 0.3) is 0 Å². The molecular weight excluding hydrogens is 152 g/mol. The third kappa shape index (κ3) is 3.74. The van der Waals surface area contributed by atoms with Crippen molar-refractivity contribution in [3.63, 3.8) is 0 Å². The van der Waals surface area contributed by atoms with E-state index in [4.69, 9.17) is 0 Å². The second-order valence-electron chi connectivity index (χ2n) is 2.20. The monoisotopic (exact) mass is 164 g/mol. The van der Waals surface area contributed by atoms with E-state index < -0.39 is 12.1 Å². The Labute approximate surface area is 63.7 Å². The van der Waals surface area contributed by atoms with E-state index in [2.05, 4.69) is 4.74 Å². The van der Waals surface area contributed by atoms with Crippen LogP contribution in [0.2, 0.25) is 0 Å². The maximum Gasteiger partial charge on any atom is 0.141 e. The van der Waals surface area contributed by atoms with Gasteiger partial charge in [-0.05, 0) is 10.9 Å². The summed E-state index contributed by atoms with van der Waals surface area (Å²) in [5.74, 6) is -0.581. The van der Waals surface area contributed by atoms with E-state index in [1.807, 2.05) is 12.5 Å². The molecule has 0 rings (SSSR count). The van der Waals surface area contributed by atoms with Crippen molar-refractivity contribution in [1.82, 2.24) is 0 Å². The van der Waals surface area contributed by atoms with Crippen molar-refractivity contribution in [2.24, 2.45) is 0 Å². The van der Waals surface area contributed by atoms with E-state index in [9.17, 15) is 9.90 Å². The Kier molecular flexibility index (Phi) is 4.47. The van der Waals surface area contributed by atoms with Gasteiger partial charge in [0.1, 0.15) is 11.9 Å². The Morgan fingerprint density at radius 3 is 2.30 bits per heavy atom. The summed E-state index contributed by atoms with van der Waals surface area (Å²) >= 11 is 0. The van der Waals surface area contributed by atoms with E-state index >= 15 is 0 Å². The van der Waals surface area contributed by atoms with Gasteiger partial charge in [-0.2, -0.15) is 0 Å². The fraction of sp³-hybridized carbons (Fsp3) is 0.833. The molecule has 0 bridgehead atoms. The first-order valence-electron chi connectivity index (χ1n) is 2.85. The molecule has 3 nitrogen and oxygen atoms in total. The predicted molar refractivity (Wildman–Crippen MR) is 39.9 cm³/mol. The van der Waals surface area contributed by atoms with Gasteiger partial charge in [-0.3, -0.25) is 0 Å². The fourth-order valence-electron chi connectivity index (χ4n) is 0.535. The molecule has 0 saturated carbocycles. The summed E-state index contributed by atoms with van der Waals surface area (Å²) in [6.45, 7) is 0. The standard InChI is InChI=1S/C6H12O3S/c1-9-5(6(7)8)4-10(2)3/h5H,4H2,1-3H3. The molecule has 0 fully saturated rings. The quantitative estimate of drug-likeness (QED) is 0.482. The second-order valence-corrected chi connectivity index (χ2v) is 4.50. The number of carbonyl (C=O) groups excluding carboxylic acids is 1. The Hall–Kier alpha value is -0.220. The molecule has 0 aromatic rings. The van der Waals surface area contributed by atoms with Gasteiger partial charge in [0.15, 0.2) is 0 Å². The molecule has 0 aromatic heterocycles. The number of carboxylic acid groups (broad SMARTS) is 1. The first kappa shape index (κ1) is 9.78. The number of hydrogen-bond acceptors (Lipinski definition) is 3. The van der Waals surface area contributed by atoms with Crippen LogP contribution in [0.15, 0.2) is 0 Å². The maximum atomic E-state index is 10.2. The first-order valence-corrected chi connectivity index (χ1v) is 5.06. The molecule has 0 aliphatic carbocycles. The molecule has 0 spiro atoms. The lowest BCUT2D eigenvalue weighted by atomic mass is 10.4. The zero-order valence-corrected chi connectivity index (χ0v) is 7.23. The van der Waals surface area contributed by atoms with E-state index in [0.717, 1.165) is 0 Å². The smallest absolute Gasteiger partial charge is 0.141 e. The van der Waals surface area contributed by atoms with Crippen LogP contribution >= 0.6 is 0 Å². The third-order valence-corrected chi connectivity index (χ3v) is 2.00. The van der Waals surface area contributed by atoms with Gasteiger partial charge in [0.05, 0.1) is 18.5 Å². The largest absolute Gasteiger partial charge is 0.547 e. The minimum atomic E-state index is -1.12. The van der Waals surface area contributed by atoms with Crippen molar-refractivity contribution in [3.8, 4) is 0 Å². The van der Waals surface area contributed by atoms with Crippen LogP contribution < -0.4 is 5.11 Å². The Balaban J connectivity index is 3.72.